The van der Waals surface area contributed by atoms with E-state index in [1.807, 2.05) is 18.2 Å². The molecule has 0 bridgehead atoms. The average Bonchev–Trinajstić information content (AvgIpc) is 2.46. The minimum Gasteiger partial charge on any atom is -0.376 e. The van der Waals surface area contributed by atoms with Gasteiger partial charge in [0.15, 0.2) is 5.96 Å². The van der Waals surface area contributed by atoms with Crippen molar-refractivity contribution in [1.82, 2.24) is 4.98 Å². The Hall–Kier alpha value is -0.890. The molecule has 1 aromatic rings. The van der Waals surface area contributed by atoms with Gasteiger partial charge >= 0.3 is 0 Å². The summed E-state index contributed by atoms with van der Waals surface area (Å²) in [6.07, 6.45) is 8.43. The SMILES string of the molecule is I.NC(=NCCOC1CCCCC1)Nc1ccccn1. The Bertz CT molecular complexity index is 393. The van der Waals surface area contributed by atoms with Crippen molar-refractivity contribution in [3.8, 4) is 0 Å². The highest BCUT2D eigenvalue weighted by Gasteiger charge is 2.12. The minimum absolute atomic E-state index is 0. The van der Waals surface area contributed by atoms with Crippen LogP contribution in [0.3, 0.4) is 0 Å². The number of guanidine groups is 1. The van der Waals surface area contributed by atoms with Crippen molar-refractivity contribution in [2.45, 2.75) is 38.2 Å². The number of nitrogens with zero attached hydrogens (tertiary/aromatic N) is 2. The zero-order valence-electron chi connectivity index (χ0n) is 11.6. The van der Waals surface area contributed by atoms with Crippen molar-refractivity contribution in [3.05, 3.63) is 24.4 Å². The van der Waals surface area contributed by atoms with Gasteiger partial charge in [-0.1, -0.05) is 25.3 Å². The molecule has 112 valence electrons. The highest BCUT2D eigenvalue weighted by atomic mass is 127. The van der Waals surface area contributed by atoms with E-state index in [4.69, 9.17) is 10.5 Å². The van der Waals surface area contributed by atoms with E-state index in [0.717, 1.165) is 0 Å². The number of aromatic nitrogens is 1. The van der Waals surface area contributed by atoms with Crippen LogP contribution in [0, 0.1) is 0 Å². The number of hydrogen-bond acceptors (Lipinski definition) is 3. The molecule has 0 amide bonds. The second kappa shape index (κ2) is 9.93. The Labute approximate surface area is 137 Å². The van der Waals surface area contributed by atoms with E-state index in [0.29, 0.717) is 31.0 Å². The summed E-state index contributed by atoms with van der Waals surface area (Å²) in [4.78, 5) is 8.34. The Morgan fingerprint density at radius 2 is 2.15 bits per heavy atom. The summed E-state index contributed by atoms with van der Waals surface area (Å²) < 4.78 is 5.78. The number of nitrogens with two attached hydrogens (primary N) is 1. The van der Waals surface area contributed by atoms with E-state index in [1.54, 1.807) is 6.20 Å². The van der Waals surface area contributed by atoms with Gasteiger partial charge in [-0.15, -0.1) is 24.0 Å². The number of aliphatic imine (C=N–C) groups is 1. The van der Waals surface area contributed by atoms with E-state index >= 15 is 0 Å². The van der Waals surface area contributed by atoms with Gasteiger partial charge in [-0.2, -0.15) is 0 Å². The van der Waals surface area contributed by atoms with Crippen molar-refractivity contribution in [3.63, 3.8) is 0 Å². The van der Waals surface area contributed by atoms with Gasteiger partial charge < -0.3 is 15.8 Å². The number of pyridine rings is 1. The summed E-state index contributed by atoms with van der Waals surface area (Å²) in [6.45, 7) is 1.22. The van der Waals surface area contributed by atoms with E-state index in [1.165, 1.54) is 32.1 Å². The molecule has 0 aromatic carbocycles. The van der Waals surface area contributed by atoms with Gasteiger partial charge in [-0.05, 0) is 25.0 Å². The number of rotatable bonds is 5. The molecule has 1 fully saturated rings. The molecule has 0 radical (unpaired) electrons. The Morgan fingerprint density at radius 3 is 2.85 bits per heavy atom. The molecule has 0 spiro atoms. The summed E-state index contributed by atoms with van der Waals surface area (Å²) >= 11 is 0. The molecule has 1 aliphatic rings. The third-order valence-corrected chi connectivity index (χ3v) is 3.20. The quantitative estimate of drug-likeness (QED) is 0.351. The molecular formula is C14H23IN4O. The fraction of sp³-hybridized carbons (Fsp3) is 0.571. The Balaban J connectivity index is 0.00000200. The number of nitrogens with one attached hydrogen (secondary N) is 1. The number of hydrogen-bond donors (Lipinski definition) is 2. The highest BCUT2D eigenvalue weighted by molar-refractivity contribution is 14.0. The van der Waals surface area contributed by atoms with Gasteiger partial charge in [-0.25, -0.2) is 4.98 Å². The fourth-order valence-corrected chi connectivity index (χ4v) is 2.22. The smallest absolute Gasteiger partial charge is 0.194 e. The molecule has 0 atom stereocenters. The molecule has 2 rings (SSSR count). The topological polar surface area (TPSA) is 72.5 Å². The summed E-state index contributed by atoms with van der Waals surface area (Å²) in [6, 6.07) is 5.60. The zero-order valence-corrected chi connectivity index (χ0v) is 14.0. The van der Waals surface area contributed by atoms with Crippen LogP contribution in [0.15, 0.2) is 29.4 Å². The second-order valence-electron chi connectivity index (χ2n) is 4.74. The number of ether oxygens (including phenoxy) is 1. The summed E-state index contributed by atoms with van der Waals surface area (Å²) in [5.74, 6) is 1.09. The first-order chi connectivity index (χ1) is 9.34. The molecule has 1 aromatic heterocycles. The molecule has 3 N–H and O–H groups in total. The first-order valence-corrected chi connectivity index (χ1v) is 6.94. The van der Waals surface area contributed by atoms with E-state index in [9.17, 15) is 0 Å². The largest absolute Gasteiger partial charge is 0.376 e. The molecule has 5 nitrogen and oxygen atoms in total. The van der Waals surface area contributed by atoms with Crippen LogP contribution in [0.5, 0.6) is 0 Å². The number of anilines is 1. The van der Waals surface area contributed by atoms with Crippen molar-refractivity contribution in [1.29, 1.82) is 0 Å². The van der Waals surface area contributed by atoms with Crippen LogP contribution in [0.4, 0.5) is 5.82 Å². The molecular weight excluding hydrogens is 367 g/mol. The molecule has 0 aliphatic heterocycles. The lowest BCUT2D eigenvalue weighted by atomic mass is 9.98. The van der Waals surface area contributed by atoms with Crippen molar-refractivity contribution in [2.24, 2.45) is 10.7 Å². The first-order valence-electron chi connectivity index (χ1n) is 6.94. The van der Waals surface area contributed by atoms with Gasteiger partial charge in [0.05, 0.1) is 19.3 Å². The number of halogens is 1. The summed E-state index contributed by atoms with van der Waals surface area (Å²) in [7, 11) is 0. The third kappa shape index (κ3) is 6.51. The lowest BCUT2D eigenvalue weighted by Gasteiger charge is -2.21. The molecule has 6 heteroatoms. The summed E-state index contributed by atoms with van der Waals surface area (Å²) in [5, 5.41) is 2.94. The maximum atomic E-state index is 5.78. The molecule has 20 heavy (non-hydrogen) atoms. The molecule has 1 heterocycles. The summed E-state index contributed by atoms with van der Waals surface area (Å²) in [5.41, 5.74) is 5.77. The maximum Gasteiger partial charge on any atom is 0.194 e. The van der Waals surface area contributed by atoms with E-state index in [-0.39, 0.29) is 24.0 Å². The fourth-order valence-electron chi connectivity index (χ4n) is 2.22. The van der Waals surface area contributed by atoms with Crippen molar-refractivity contribution in [2.75, 3.05) is 18.5 Å². The normalized spacial score (nSPS) is 16.5. The highest BCUT2D eigenvalue weighted by Crippen LogP contribution is 2.19. The standard InChI is InChI=1S/C14H22N4O.HI/c15-14(18-13-8-4-5-9-16-13)17-10-11-19-12-6-2-1-3-7-12;/h4-5,8-9,12H,1-3,6-7,10-11H2,(H3,15,16,17,18);1H. The monoisotopic (exact) mass is 390 g/mol. The average molecular weight is 390 g/mol. The Morgan fingerprint density at radius 1 is 1.35 bits per heavy atom. The van der Waals surface area contributed by atoms with E-state index in [2.05, 4.69) is 15.3 Å². The maximum absolute atomic E-state index is 5.78. The molecule has 0 saturated heterocycles. The van der Waals surface area contributed by atoms with Gasteiger partial charge in [0.25, 0.3) is 0 Å². The van der Waals surface area contributed by atoms with Crippen molar-refractivity contribution >= 4 is 35.8 Å². The minimum atomic E-state index is 0. The predicted octanol–water partition coefficient (Wildman–Crippen LogP) is 2.78. The van der Waals surface area contributed by atoms with Crippen LogP contribution in [0.25, 0.3) is 0 Å². The molecule has 0 unspecified atom stereocenters. The Kier molecular flexibility index (Phi) is 8.52. The van der Waals surface area contributed by atoms with Crippen LogP contribution < -0.4 is 11.1 Å². The lowest BCUT2D eigenvalue weighted by molar-refractivity contribution is 0.0335. The van der Waals surface area contributed by atoms with Crippen molar-refractivity contribution < 1.29 is 4.74 Å². The lowest BCUT2D eigenvalue weighted by Crippen LogP contribution is -2.24. The molecule has 1 saturated carbocycles. The van der Waals surface area contributed by atoms with Crippen LogP contribution in [0.1, 0.15) is 32.1 Å². The van der Waals surface area contributed by atoms with Crippen LogP contribution in [-0.4, -0.2) is 30.2 Å². The van der Waals surface area contributed by atoms with Crippen LogP contribution >= 0.6 is 24.0 Å². The van der Waals surface area contributed by atoms with Crippen LogP contribution in [0.2, 0.25) is 0 Å². The second-order valence-corrected chi connectivity index (χ2v) is 4.74. The van der Waals surface area contributed by atoms with Gasteiger partial charge in [0, 0.05) is 6.20 Å². The van der Waals surface area contributed by atoms with Crippen LogP contribution in [-0.2, 0) is 4.74 Å². The predicted molar refractivity (Wildman–Crippen MR) is 92.6 cm³/mol. The first kappa shape index (κ1) is 17.2. The van der Waals surface area contributed by atoms with E-state index < -0.39 is 0 Å². The molecule has 1 aliphatic carbocycles. The van der Waals surface area contributed by atoms with Gasteiger partial charge in [-0.3, -0.25) is 4.99 Å². The van der Waals surface area contributed by atoms with Gasteiger partial charge in [0.1, 0.15) is 5.82 Å². The third-order valence-electron chi connectivity index (χ3n) is 3.20. The van der Waals surface area contributed by atoms with Gasteiger partial charge in [0.2, 0.25) is 0 Å². The zero-order chi connectivity index (χ0) is 13.3.